The lowest BCUT2D eigenvalue weighted by atomic mass is 9.87. The SMILES string of the molecule is C[Si](C)(C)c1c(-c2ccccc2)c2cccc(C3COCCC3N)c2n1C(=O)N1CCSC23OC12O3. The van der Waals surface area contributed by atoms with E-state index in [-0.39, 0.29) is 18.0 Å². The van der Waals surface area contributed by atoms with E-state index in [1.54, 1.807) is 16.7 Å². The standard InChI is InChI=1S/C27H31N3O4SSi/c1-36(2,3)24-22(17-8-5-4-6-9-17)19-11-7-10-18(20-16-32-14-12-21(20)28)23(19)30(24)25(31)29-13-15-35-27-26(29,33-27)34-27/h4-11,20-21H,12-16,28H2,1-3H3. The van der Waals surface area contributed by atoms with Gasteiger partial charge in [-0.15, -0.1) is 0 Å². The van der Waals surface area contributed by atoms with E-state index in [9.17, 15) is 4.79 Å². The van der Waals surface area contributed by atoms with Gasteiger partial charge >= 0.3 is 17.1 Å². The summed E-state index contributed by atoms with van der Waals surface area (Å²) in [5.41, 5.74) is 11.0. The second-order valence-corrected chi connectivity index (χ2v) is 17.4. The molecule has 0 spiro atoms. The summed E-state index contributed by atoms with van der Waals surface area (Å²) in [4.78, 5) is 16.4. The summed E-state index contributed by atoms with van der Waals surface area (Å²) in [5, 5.41) is 1.56. The first-order chi connectivity index (χ1) is 17.3. The van der Waals surface area contributed by atoms with Crippen molar-refractivity contribution in [3.8, 4) is 11.1 Å². The van der Waals surface area contributed by atoms with Crippen molar-refractivity contribution in [2.45, 2.75) is 49.1 Å². The monoisotopic (exact) mass is 521 g/mol. The third-order valence-corrected chi connectivity index (χ3v) is 10.9. The van der Waals surface area contributed by atoms with Gasteiger partial charge < -0.3 is 10.5 Å². The van der Waals surface area contributed by atoms with Crippen LogP contribution in [-0.2, 0) is 14.2 Å². The van der Waals surface area contributed by atoms with E-state index >= 15 is 0 Å². The molecule has 1 amide bonds. The average molecular weight is 522 g/mol. The summed E-state index contributed by atoms with van der Waals surface area (Å²) in [6, 6.07) is 16.7. The average Bonchev–Trinajstić information content (AvgIpc) is 3.67. The van der Waals surface area contributed by atoms with Crippen LogP contribution in [0.25, 0.3) is 22.0 Å². The number of carbonyl (C=O) groups excluding carboxylic acids is 1. The topological polar surface area (TPSA) is 85.5 Å². The Labute approximate surface area is 215 Å². The van der Waals surface area contributed by atoms with Crippen LogP contribution < -0.4 is 11.1 Å². The number of hydrogen-bond donors (Lipinski definition) is 1. The van der Waals surface area contributed by atoms with E-state index in [0.717, 1.165) is 45.1 Å². The number of carbonyl (C=O) groups is 1. The highest BCUT2D eigenvalue weighted by Crippen LogP contribution is 2.76. The van der Waals surface area contributed by atoms with Crippen molar-refractivity contribution in [1.29, 1.82) is 0 Å². The number of hydrogen-bond acceptors (Lipinski definition) is 6. The minimum atomic E-state index is -2.06. The summed E-state index contributed by atoms with van der Waals surface area (Å²) in [7, 11) is -2.06. The zero-order valence-corrected chi connectivity index (χ0v) is 22.6. The second-order valence-electron chi connectivity index (χ2n) is 11.2. The second kappa shape index (κ2) is 7.69. The van der Waals surface area contributed by atoms with Crippen LogP contribution in [0.15, 0.2) is 48.5 Å². The smallest absolute Gasteiger partial charge is 0.332 e. The van der Waals surface area contributed by atoms with Crippen LogP contribution in [-0.4, -0.2) is 66.2 Å². The highest BCUT2D eigenvalue weighted by Gasteiger charge is 2.97. The Bertz CT molecular complexity index is 1380. The minimum absolute atomic E-state index is 0.0190. The van der Waals surface area contributed by atoms with Crippen LogP contribution in [0, 0.1) is 0 Å². The number of para-hydroxylation sites is 1. The fourth-order valence-electron chi connectivity index (χ4n) is 6.04. The maximum atomic E-state index is 14.6. The van der Waals surface area contributed by atoms with Crippen LogP contribution in [0.2, 0.25) is 19.6 Å². The molecule has 4 aliphatic heterocycles. The summed E-state index contributed by atoms with van der Waals surface area (Å²) < 4.78 is 19.7. The van der Waals surface area contributed by atoms with Gasteiger partial charge in [0, 0.05) is 47.1 Å². The first kappa shape index (κ1) is 23.0. The summed E-state index contributed by atoms with van der Waals surface area (Å²) in [6.07, 6.45) is 0.804. The third kappa shape index (κ3) is 3.10. The largest absolute Gasteiger partial charge is 0.381 e. The minimum Gasteiger partial charge on any atom is -0.381 e. The Kier molecular flexibility index (Phi) is 4.91. The molecule has 0 radical (unpaired) electrons. The van der Waals surface area contributed by atoms with Crippen LogP contribution in [0.1, 0.15) is 17.9 Å². The maximum Gasteiger partial charge on any atom is 0.332 e. The molecule has 4 aliphatic rings. The number of benzene rings is 2. The molecule has 7 rings (SSSR count). The fourth-order valence-corrected chi connectivity index (χ4v) is 9.13. The molecule has 5 heterocycles. The van der Waals surface area contributed by atoms with Crippen molar-refractivity contribution in [3.05, 3.63) is 54.1 Å². The molecule has 4 fully saturated rings. The predicted molar refractivity (Wildman–Crippen MR) is 144 cm³/mol. The molecule has 0 saturated carbocycles. The van der Waals surface area contributed by atoms with Gasteiger partial charge in [-0.05, 0) is 17.5 Å². The molecular weight excluding hydrogens is 490 g/mol. The lowest BCUT2D eigenvalue weighted by Crippen LogP contribution is -2.52. The first-order valence-electron chi connectivity index (χ1n) is 12.7. The van der Waals surface area contributed by atoms with Crippen LogP contribution >= 0.6 is 11.8 Å². The van der Waals surface area contributed by atoms with E-state index in [4.69, 9.17) is 19.9 Å². The van der Waals surface area contributed by atoms with Gasteiger partial charge in [0.05, 0.1) is 12.1 Å². The Balaban J connectivity index is 1.52. The van der Waals surface area contributed by atoms with Crippen LogP contribution in [0.5, 0.6) is 0 Å². The summed E-state index contributed by atoms with van der Waals surface area (Å²) >= 11 is 1.65. The molecule has 2 N–H and O–H groups in total. The van der Waals surface area contributed by atoms with Crippen molar-refractivity contribution in [3.63, 3.8) is 0 Å². The Morgan fingerprint density at radius 2 is 1.89 bits per heavy atom. The molecule has 188 valence electrons. The molecule has 1 aromatic heterocycles. The number of nitrogens with zero attached hydrogens (tertiary/aromatic N) is 2. The number of thioether (sulfide) groups is 1. The molecule has 4 saturated heterocycles. The zero-order valence-electron chi connectivity index (χ0n) is 20.8. The number of amides is 1. The van der Waals surface area contributed by atoms with Crippen molar-refractivity contribution in [2.75, 3.05) is 25.5 Å². The number of ether oxygens (including phenoxy) is 3. The lowest BCUT2D eigenvalue weighted by Gasteiger charge is -2.31. The third-order valence-electron chi connectivity index (χ3n) is 7.84. The fraction of sp³-hybridized carbons (Fsp3) is 0.444. The lowest BCUT2D eigenvalue weighted by molar-refractivity contribution is -0.115. The molecule has 36 heavy (non-hydrogen) atoms. The molecule has 2 atom stereocenters. The van der Waals surface area contributed by atoms with E-state index in [2.05, 4.69) is 62.1 Å². The number of rotatable bonds is 3. The molecule has 2 unspecified atom stereocenters. The van der Waals surface area contributed by atoms with E-state index in [1.165, 1.54) is 0 Å². The van der Waals surface area contributed by atoms with Gasteiger partial charge in [0.25, 0.3) is 0 Å². The molecule has 7 nitrogen and oxygen atoms in total. The highest BCUT2D eigenvalue weighted by molar-refractivity contribution is 8.01. The van der Waals surface area contributed by atoms with E-state index in [1.807, 2.05) is 10.6 Å². The molecule has 9 heteroatoms. The summed E-state index contributed by atoms with van der Waals surface area (Å²) in [6.45, 7) is 8.74. The molecule has 2 aromatic carbocycles. The predicted octanol–water partition coefficient (Wildman–Crippen LogP) is 4.07. The van der Waals surface area contributed by atoms with E-state index in [0.29, 0.717) is 19.8 Å². The van der Waals surface area contributed by atoms with Gasteiger partial charge in [0.1, 0.15) is 8.07 Å². The number of aromatic nitrogens is 1. The number of epoxide rings is 2. The van der Waals surface area contributed by atoms with Crippen LogP contribution in [0.3, 0.4) is 0 Å². The zero-order chi connectivity index (χ0) is 24.9. The normalized spacial score (nSPS) is 31.2. The molecular formula is C27H31N3O4SSi. The van der Waals surface area contributed by atoms with Gasteiger partial charge in [0.2, 0.25) is 0 Å². The number of nitrogens with two attached hydrogens (primary N) is 1. The molecule has 0 bridgehead atoms. The van der Waals surface area contributed by atoms with Gasteiger partial charge in [-0.1, -0.05) is 79.9 Å². The summed E-state index contributed by atoms with van der Waals surface area (Å²) in [5.74, 6) is -0.0909. The Morgan fingerprint density at radius 1 is 1.11 bits per heavy atom. The number of fused-ring (bicyclic) bond motifs is 1. The van der Waals surface area contributed by atoms with Gasteiger partial charge in [0.15, 0.2) is 0 Å². The Hall–Kier alpha value is -2.14. The van der Waals surface area contributed by atoms with Gasteiger partial charge in [-0.2, -0.15) is 0 Å². The van der Waals surface area contributed by atoms with Crippen molar-refractivity contribution < 1.29 is 19.0 Å². The van der Waals surface area contributed by atoms with Crippen molar-refractivity contribution in [1.82, 2.24) is 9.47 Å². The van der Waals surface area contributed by atoms with Gasteiger partial charge in [-0.3, -0.25) is 18.9 Å². The van der Waals surface area contributed by atoms with Crippen molar-refractivity contribution >= 4 is 42.1 Å². The molecule has 3 aromatic rings. The Morgan fingerprint density at radius 3 is 2.61 bits per heavy atom. The molecule has 0 aliphatic carbocycles. The van der Waals surface area contributed by atoms with E-state index < -0.39 is 19.1 Å². The van der Waals surface area contributed by atoms with Crippen LogP contribution in [0.4, 0.5) is 4.79 Å². The quantitative estimate of drug-likeness (QED) is 0.413. The van der Waals surface area contributed by atoms with Gasteiger partial charge in [-0.25, -0.2) is 4.79 Å². The van der Waals surface area contributed by atoms with Crippen molar-refractivity contribution in [2.24, 2.45) is 5.73 Å². The first-order valence-corrected chi connectivity index (χ1v) is 17.2. The maximum absolute atomic E-state index is 14.6. The highest BCUT2D eigenvalue weighted by atomic mass is 32.2.